The van der Waals surface area contributed by atoms with Gasteiger partial charge in [0.15, 0.2) is 0 Å². The van der Waals surface area contributed by atoms with Crippen LogP contribution in [0.2, 0.25) is 0 Å². The molecule has 2 aromatic rings. The van der Waals surface area contributed by atoms with Crippen LogP contribution in [0.1, 0.15) is 31.7 Å². The van der Waals surface area contributed by atoms with Crippen LogP contribution in [0.25, 0.3) is 10.8 Å². The highest BCUT2D eigenvalue weighted by Gasteiger charge is 2.00. The molecule has 2 nitrogen and oxygen atoms in total. The monoisotopic (exact) mass is 214 g/mol. The van der Waals surface area contributed by atoms with Gasteiger partial charge in [0.2, 0.25) is 0 Å². The predicted octanol–water partition coefficient (Wildman–Crippen LogP) is 3.55. The number of nitrogen functional groups attached to an aromatic ring is 1. The Balaban J connectivity index is 2.23. The van der Waals surface area contributed by atoms with Gasteiger partial charge in [-0.3, -0.25) is 0 Å². The second-order valence-corrected chi connectivity index (χ2v) is 4.21. The molecule has 1 aromatic carbocycles. The number of benzene rings is 1. The Bertz CT molecular complexity index is 477. The third-order valence-corrected chi connectivity index (χ3v) is 2.93. The summed E-state index contributed by atoms with van der Waals surface area (Å²) < 4.78 is 0. The molecule has 0 aliphatic heterocycles. The quantitative estimate of drug-likeness (QED) is 0.790. The molecule has 2 rings (SSSR count). The SMILES string of the molecule is CCCCCc1ccc2c(N)nccc2c1. The molecule has 2 heteroatoms. The van der Waals surface area contributed by atoms with Gasteiger partial charge in [-0.05, 0) is 29.9 Å². The lowest BCUT2D eigenvalue weighted by atomic mass is 10.0. The van der Waals surface area contributed by atoms with Gasteiger partial charge in [0, 0.05) is 11.6 Å². The van der Waals surface area contributed by atoms with Crippen LogP contribution in [0.3, 0.4) is 0 Å². The maximum atomic E-state index is 5.82. The molecular formula is C14H18N2. The number of hydrogen-bond acceptors (Lipinski definition) is 2. The Kier molecular flexibility index (Phi) is 3.40. The molecule has 2 N–H and O–H groups in total. The summed E-state index contributed by atoms with van der Waals surface area (Å²) in [5.74, 6) is 0.623. The molecule has 1 heterocycles. The van der Waals surface area contributed by atoms with E-state index in [4.69, 9.17) is 5.73 Å². The predicted molar refractivity (Wildman–Crippen MR) is 69.4 cm³/mol. The Hall–Kier alpha value is -1.57. The number of unbranched alkanes of at least 4 members (excludes halogenated alkanes) is 2. The second-order valence-electron chi connectivity index (χ2n) is 4.21. The van der Waals surface area contributed by atoms with E-state index < -0.39 is 0 Å². The normalized spacial score (nSPS) is 10.8. The number of hydrogen-bond donors (Lipinski definition) is 1. The summed E-state index contributed by atoms with van der Waals surface area (Å²) in [7, 11) is 0. The summed E-state index contributed by atoms with van der Waals surface area (Å²) in [6, 6.07) is 8.49. The van der Waals surface area contributed by atoms with Gasteiger partial charge in [-0.25, -0.2) is 4.98 Å². The number of anilines is 1. The first-order valence-electron chi connectivity index (χ1n) is 5.94. The molecule has 0 spiro atoms. The van der Waals surface area contributed by atoms with Crippen LogP contribution in [0.5, 0.6) is 0 Å². The second kappa shape index (κ2) is 4.97. The van der Waals surface area contributed by atoms with Crippen LogP contribution < -0.4 is 5.73 Å². The number of nitrogens with zero attached hydrogens (tertiary/aromatic N) is 1. The lowest BCUT2D eigenvalue weighted by Crippen LogP contribution is -1.92. The van der Waals surface area contributed by atoms with E-state index in [2.05, 4.69) is 30.1 Å². The third-order valence-electron chi connectivity index (χ3n) is 2.93. The molecule has 0 amide bonds. The summed E-state index contributed by atoms with van der Waals surface area (Å²) in [4.78, 5) is 4.09. The maximum Gasteiger partial charge on any atom is 0.131 e. The zero-order valence-electron chi connectivity index (χ0n) is 9.74. The molecule has 0 bridgehead atoms. The van der Waals surface area contributed by atoms with Crippen molar-refractivity contribution in [2.24, 2.45) is 0 Å². The first-order chi connectivity index (χ1) is 7.81. The summed E-state index contributed by atoms with van der Waals surface area (Å²) in [6.07, 6.45) is 6.77. The first-order valence-corrected chi connectivity index (χ1v) is 5.94. The highest BCUT2D eigenvalue weighted by molar-refractivity contribution is 5.91. The Morgan fingerprint density at radius 3 is 2.88 bits per heavy atom. The summed E-state index contributed by atoms with van der Waals surface area (Å²) in [5, 5.41) is 2.25. The number of pyridine rings is 1. The lowest BCUT2D eigenvalue weighted by molar-refractivity contribution is 0.718. The van der Waals surface area contributed by atoms with E-state index in [9.17, 15) is 0 Å². The van der Waals surface area contributed by atoms with Gasteiger partial charge in [-0.15, -0.1) is 0 Å². The Morgan fingerprint density at radius 1 is 1.19 bits per heavy atom. The van der Waals surface area contributed by atoms with Crippen molar-refractivity contribution < 1.29 is 0 Å². The van der Waals surface area contributed by atoms with Gasteiger partial charge in [-0.1, -0.05) is 38.0 Å². The Labute approximate surface area is 96.5 Å². The number of fused-ring (bicyclic) bond motifs is 1. The maximum absolute atomic E-state index is 5.82. The fourth-order valence-corrected chi connectivity index (χ4v) is 1.99. The number of nitrogens with two attached hydrogens (primary N) is 1. The van der Waals surface area contributed by atoms with Gasteiger partial charge in [0.1, 0.15) is 5.82 Å². The number of rotatable bonds is 4. The van der Waals surface area contributed by atoms with E-state index in [0.717, 1.165) is 11.8 Å². The summed E-state index contributed by atoms with van der Waals surface area (Å²) in [5.41, 5.74) is 7.21. The highest BCUT2D eigenvalue weighted by Crippen LogP contribution is 2.20. The average Bonchev–Trinajstić information content (AvgIpc) is 2.30. The molecule has 0 radical (unpaired) electrons. The lowest BCUT2D eigenvalue weighted by Gasteiger charge is -2.04. The molecule has 0 aliphatic rings. The summed E-state index contributed by atoms with van der Waals surface area (Å²) in [6.45, 7) is 2.23. The molecular weight excluding hydrogens is 196 g/mol. The molecule has 0 unspecified atom stereocenters. The van der Waals surface area contributed by atoms with E-state index in [1.54, 1.807) is 6.20 Å². The topological polar surface area (TPSA) is 38.9 Å². The van der Waals surface area contributed by atoms with E-state index in [0.29, 0.717) is 5.82 Å². The van der Waals surface area contributed by atoms with Crippen molar-refractivity contribution in [1.82, 2.24) is 4.98 Å². The van der Waals surface area contributed by atoms with Crippen molar-refractivity contribution in [3.63, 3.8) is 0 Å². The minimum Gasteiger partial charge on any atom is -0.383 e. The minimum atomic E-state index is 0.623. The number of aryl methyl sites for hydroxylation is 1. The largest absolute Gasteiger partial charge is 0.383 e. The van der Waals surface area contributed by atoms with Crippen LogP contribution in [0.4, 0.5) is 5.82 Å². The molecule has 0 saturated heterocycles. The van der Waals surface area contributed by atoms with E-state index in [1.165, 1.54) is 30.2 Å². The van der Waals surface area contributed by atoms with Gasteiger partial charge in [0.25, 0.3) is 0 Å². The third kappa shape index (κ3) is 2.32. The van der Waals surface area contributed by atoms with Crippen molar-refractivity contribution in [1.29, 1.82) is 0 Å². The van der Waals surface area contributed by atoms with Crippen LogP contribution in [-0.2, 0) is 6.42 Å². The standard InChI is InChI=1S/C14H18N2/c1-2-3-4-5-11-6-7-13-12(10-11)8-9-16-14(13)15/h6-10H,2-5H2,1H3,(H2,15,16). The molecule has 0 aliphatic carbocycles. The van der Waals surface area contributed by atoms with Crippen molar-refractivity contribution >= 4 is 16.6 Å². The van der Waals surface area contributed by atoms with Crippen molar-refractivity contribution in [2.75, 3.05) is 5.73 Å². The zero-order valence-corrected chi connectivity index (χ0v) is 9.74. The van der Waals surface area contributed by atoms with Crippen LogP contribution in [0.15, 0.2) is 30.5 Å². The average molecular weight is 214 g/mol. The van der Waals surface area contributed by atoms with Gasteiger partial charge >= 0.3 is 0 Å². The van der Waals surface area contributed by atoms with Crippen molar-refractivity contribution in [3.8, 4) is 0 Å². The fourth-order valence-electron chi connectivity index (χ4n) is 1.99. The van der Waals surface area contributed by atoms with Crippen molar-refractivity contribution in [2.45, 2.75) is 32.6 Å². The zero-order chi connectivity index (χ0) is 11.4. The van der Waals surface area contributed by atoms with E-state index in [-0.39, 0.29) is 0 Å². The van der Waals surface area contributed by atoms with Gasteiger partial charge in [-0.2, -0.15) is 0 Å². The first kappa shape index (κ1) is 10.9. The molecule has 1 aromatic heterocycles. The summed E-state index contributed by atoms with van der Waals surface area (Å²) >= 11 is 0. The van der Waals surface area contributed by atoms with Crippen molar-refractivity contribution in [3.05, 3.63) is 36.0 Å². The van der Waals surface area contributed by atoms with Gasteiger partial charge in [0.05, 0.1) is 0 Å². The van der Waals surface area contributed by atoms with Crippen LogP contribution >= 0.6 is 0 Å². The van der Waals surface area contributed by atoms with Crippen LogP contribution in [-0.4, -0.2) is 4.98 Å². The van der Waals surface area contributed by atoms with Crippen LogP contribution in [0, 0.1) is 0 Å². The number of aromatic nitrogens is 1. The Morgan fingerprint density at radius 2 is 2.06 bits per heavy atom. The van der Waals surface area contributed by atoms with E-state index >= 15 is 0 Å². The molecule has 0 fully saturated rings. The van der Waals surface area contributed by atoms with E-state index in [1.807, 2.05) is 6.07 Å². The smallest absolute Gasteiger partial charge is 0.131 e. The molecule has 16 heavy (non-hydrogen) atoms. The molecule has 0 atom stereocenters. The highest BCUT2D eigenvalue weighted by atomic mass is 14.8. The van der Waals surface area contributed by atoms with Gasteiger partial charge < -0.3 is 5.73 Å². The molecule has 0 saturated carbocycles. The minimum absolute atomic E-state index is 0.623. The fraction of sp³-hybridized carbons (Fsp3) is 0.357. The molecule has 84 valence electrons.